The summed E-state index contributed by atoms with van der Waals surface area (Å²) in [7, 11) is 3.32. The van der Waals surface area contributed by atoms with Crippen LogP contribution in [0.25, 0.3) is 32.7 Å². The van der Waals surface area contributed by atoms with E-state index in [0.29, 0.717) is 5.75 Å². The second-order valence-corrected chi connectivity index (χ2v) is 6.19. The summed E-state index contributed by atoms with van der Waals surface area (Å²) in [6, 6.07) is 22.4. The van der Waals surface area contributed by atoms with E-state index >= 15 is 0 Å². The highest BCUT2D eigenvalue weighted by Crippen LogP contribution is 2.46. The third-order valence-corrected chi connectivity index (χ3v) is 4.81. The molecule has 4 aromatic carbocycles. The molecule has 3 nitrogen and oxygen atoms in total. The van der Waals surface area contributed by atoms with Gasteiger partial charge in [0.15, 0.2) is 0 Å². The molecule has 0 fully saturated rings. The smallest absolute Gasteiger partial charge is 0.132 e. The van der Waals surface area contributed by atoms with Crippen LogP contribution in [-0.4, -0.2) is 19.3 Å². The summed E-state index contributed by atoms with van der Waals surface area (Å²) >= 11 is 0. The maximum atomic E-state index is 9.91. The van der Waals surface area contributed by atoms with E-state index in [9.17, 15) is 5.11 Å². The standard InChI is InChI=1S/C23H20O3/c1-25-20-12-11-15-7-3-5-9-18(15)21(20)22-19-10-6-4-8-16(19)13-17(14-24)23(22)26-2/h3-13,24H,14H2,1-2H3. The van der Waals surface area contributed by atoms with Crippen LogP contribution in [0.1, 0.15) is 5.56 Å². The predicted molar refractivity (Wildman–Crippen MR) is 106 cm³/mol. The second kappa shape index (κ2) is 6.70. The van der Waals surface area contributed by atoms with Crippen LogP contribution >= 0.6 is 0 Å². The van der Waals surface area contributed by atoms with Crippen molar-refractivity contribution >= 4 is 21.5 Å². The lowest BCUT2D eigenvalue weighted by atomic mass is 9.90. The molecule has 130 valence electrons. The van der Waals surface area contributed by atoms with Gasteiger partial charge in [-0.25, -0.2) is 0 Å². The Morgan fingerprint density at radius 1 is 0.731 bits per heavy atom. The molecule has 0 aliphatic carbocycles. The molecule has 0 bridgehead atoms. The summed E-state index contributed by atoms with van der Waals surface area (Å²) in [5.74, 6) is 1.46. The molecule has 0 saturated carbocycles. The average molecular weight is 344 g/mol. The van der Waals surface area contributed by atoms with Gasteiger partial charge in [-0.15, -0.1) is 0 Å². The summed E-state index contributed by atoms with van der Waals surface area (Å²) < 4.78 is 11.5. The number of fused-ring (bicyclic) bond motifs is 2. The van der Waals surface area contributed by atoms with Crippen molar-refractivity contribution in [2.45, 2.75) is 6.61 Å². The maximum Gasteiger partial charge on any atom is 0.132 e. The first kappa shape index (κ1) is 16.4. The van der Waals surface area contributed by atoms with Crippen LogP contribution in [0.2, 0.25) is 0 Å². The molecule has 4 aromatic rings. The monoisotopic (exact) mass is 344 g/mol. The first-order valence-electron chi connectivity index (χ1n) is 8.54. The SMILES string of the molecule is COc1ccc2ccccc2c1-c1c(OC)c(CO)cc2ccccc12. The Balaban J connectivity index is 2.24. The van der Waals surface area contributed by atoms with Crippen molar-refractivity contribution in [2.24, 2.45) is 0 Å². The van der Waals surface area contributed by atoms with E-state index in [0.717, 1.165) is 44.0 Å². The maximum absolute atomic E-state index is 9.91. The number of methoxy groups -OCH3 is 2. The van der Waals surface area contributed by atoms with Gasteiger partial charge in [-0.2, -0.15) is 0 Å². The van der Waals surface area contributed by atoms with Crippen LogP contribution in [0.3, 0.4) is 0 Å². The normalized spacial score (nSPS) is 11.0. The summed E-state index contributed by atoms with van der Waals surface area (Å²) in [6.07, 6.45) is 0. The van der Waals surface area contributed by atoms with Crippen molar-refractivity contribution in [3.05, 3.63) is 72.3 Å². The Morgan fingerprint density at radius 3 is 2.04 bits per heavy atom. The predicted octanol–water partition coefficient (Wildman–Crippen LogP) is 5.17. The van der Waals surface area contributed by atoms with Crippen molar-refractivity contribution < 1.29 is 14.6 Å². The number of ether oxygens (including phenoxy) is 2. The Labute approximate surface area is 152 Å². The van der Waals surface area contributed by atoms with Crippen LogP contribution < -0.4 is 9.47 Å². The van der Waals surface area contributed by atoms with Gasteiger partial charge >= 0.3 is 0 Å². The zero-order valence-corrected chi connectivity index (χ0v) is 14.8. The fourth-order valence-electron chi connectivity index (χ4n) is 3.66. The van der Waals surface area contributed by atoms with Crippen LogP contribution in [0.5, 0.6) is 11.5 Å². The van der Waals surface area contributed by atoms with E-state index in [2.05, 4.69) is 30.3 Å². The van der Waals surface area contributed by atoms with E-state index < -0.39 is 0 Å². The Morgan fingerprint density at radius 2 is 1.38 bits per heavy atom. The highest BCUT2D eigenvalue weighted by Gasteiger charge is 2.20. The molecule has 0 heterocycles. The van der Waals surface area contributed by atoms with Crippen LogP contribution in [0, 0.1) is 0 Å². The van der Waals surface area contributed by atoms with Crippen LogP contribution in [-0.2, 0) is 6.61 Å². The largest absolute Gasteiger partial charge is 0.496 e. The molecular weight excluding hydrogens is 324 g/mol. The fraction of sp³-hybridized carbons (Fsp3) is 0.130. The van der Waals surface area contributed by atoms with E-state index in [1.165, 1.54) is 0 Å². The Kier molecular flexibility index (Phi) is 4.23. The summed E-state index contributed by atoms with van der Waals surface area (Å²) in [6.45, 7) is -0.0892. The van der Waals surface area contributed by atoms with Crippen molar-refractivity contribution in [2.75, 3.05) is 14.2 Å². The molecule has 1 N–H and O–H groups in total. The minimum absolute atomic E-state index is 0.0892. The summed E-state index contributed by atoms with van der Waals surface area (Å²) in [4.78, 5) is 0. The van der Waals surface area contributed by atoms with E-state index in [1.54, 1.807) is 14.2 Å². The summed E-state index contributed by atoms with van der Waals surface area (Å²) in [5.41, 5.74) is 2.69. The Hall–Kier alpha value is -3.04. The zero-order chi connectivity index (χ0) is 18.1. The molecule has 0 aliphatic heterocycles. The van der Waals surface area contributed by atoms with Gasteiger partial charge in [-0.3, -0.25) is 0 Å². The highest BCUT2D eigenvalue weighted by molar-refractivity contribution is 6.10. The molecule has 0 aromatic heterocycles. The number of hydrogen-bond acceptors (Lipinski definition) is 3. The minimum atomic E-state index is -0.0892. The topological polar surface area (TPSA) is 38.7 Å². The van der Waals surface area contributed by atoms with Crippen LogP contribution in [0.15, 0.2) is 66.7 Å². The highest BCUT2D eigenvalue weighted by atomic mass is 16.5. The first-order valence-corrected chi connectivity index (χ1v) is 8.54. The molecule has 0 radical (unpaired) electrons. The van der Waals surface area contributed by atoms with Gasteiger partial charge in [0.05, 0.1) is 20.8 Å². The zero-order valence-electron chi connectivity index (χ0n) is 14.8. The van der Waals surface area contributed by atoms with Crippen molar-refractivity contribution in [1.82, 2.24) is 0 Å². The molecule has 0 atom stereocenters. The molecular formula is C23H20O3. The molecule has 0 spiro atoms. The summed E-state index contributed by atoms with van der Waals surface area (Å²) in [5, 5.41) is 14.2. The fourth-order valence-corrected chi connectivity index (χ4v) is 3.66. The van der Waals surface area contributed by atoms with Gasteiger partial charge in [-0.1, -0.05) is 54.6 Å². The lowest BCUT2D eigenvalue weighted by molar-refractivity contribution is 0.274. The lowest BCUT2D eigenvalue weighted by Crippen LogP contribution is -1.98. The lowest BCUT2D eigenvalue weighted by Gasteiger charge is -2.19. The van der Waals surface area contributed by atoms with E-state index in [1.807, 2.05) is 36.4 Å². The average Bonchev–Trinajstić information content (AvgIpc) is 2.71. The number of rotatable bonds is 4. The molecule has 0 amide bonds. The van der Waals surface area contributed by atoms with Gasteiger partial charge in [0.2, 0.25) is 0 Å². The molecule has 4 rings (SSSR count). The number of aliphatic hydroxyl groups excluding tert-OH is 1. The van der Waals surface area contributed by atoms with Gasteiger partial charge in [0, 0.05) is 16.7 Å². The number of aliphatic hydroxyl groups is 1. The van der Waals surface area contributed by atoms with Gasteiger partial charge in [-0.05, 0) is 33.7 Å². The van der Waals surface area contributed by atoms with E-state index in [4.69, 9.17) is 9.47 Å². The van der Waals surface area contributed by atoms with Crippen molar-refractivity contribution in [3.63, 3.8) is 0 Å². The number of hydrogen-bond donors (Lipinski definition) is 1. The molecule has 3 heteroatoms. The third kappa shape index (κ3) is 2.49. The van der Waals surface area contributed by atoms with Gasteiger partial charge in [0.1, 0.15) is 11.5 Å². The van der Waals surface area contributed by atoms with Crippen LogP contribution in [0.4, 0.5) is 0 Å². The van der Waals surface area contributed by atoms with E-state index in [-0.39, 0.29) is 6.61 Å². The first-order chi connectivity index (χ1) is 12.8. The van der Waals surface area contributed by atoms with Gasteiger partial charge in [0.25, 0.3) is 0 Å². The van der Waals surface area contributed by atoms with Gasteiger partial charge < -0.3 is 14.6 Å². The molecule has 0 unspecified atom stereocenters. The van der Waals surface area contributed by atoms with Crippen molar-refractivity contribution in [1.29, 1.82) is 0 Å². The molecule has 0 saturated heterocycles. The second-order valence-electron chi connectivity index (χ2n) is 6.19. The minimum Gasteiger partial charge on any atom is -0.496 e. The quantitative estimate of drug-likeness (QED) is 0.555. The molecule has 26 heavy (non-hydrogen) atoms. The third-order valence-electron chi connectivity index (χ3n) is 4.81. The molecule has 0 aliphatic rings. The van der Waals surface area contributed by atoms with Crippen molar-refractivity contribution in [3.8, 4) is 22.6 Å². The Bertz CT molecular complexity index is 1100. The number of benzene rings is 4.